The number of hydrogen-bond acceptors (Lipinski definition) is 3. The van der Waals surface area contributed by atoms with E-state index in [0.29, 0.717) is 6.04 Å². The largest absolute Gasteiger partial charge is 0.468 e. The second-order valence-electron chi connectivity index (χ2n) is 3.44. The Labute approximate surface area is 93.9 Å². The fourth-order valence-corrected chi connectivity index (χ4v) is 2.46. The van der Waals surface area contributed by atoms with Crippen LogP contribution in [0.15, 0.2) is 40.3 Å². The molecule has 0 aliphatic rings. The fraction of sp³-hybridized carbons (Fsp3) is 0.333. The third kappa shape index (κ3) is 2.70. The minimum Gasteiger partial charge on any atom is -0.468 e. The quantitative estimate of drug-likeness (QED) is 0.834. The van der Waals surface area contributed by atoms with Crippen LogP contribution in [0.1, 0.15) is 30.0 Å². The summed E-state index contributed by atoms with van der Waals surface area (Å²) in [5.41, 5.74) is 0. The summed E-state index contributed by atoms with van der Waals surface area (Å²) in [6.45, 7) is 2.99. The number of furan rings is 1. The molecular formula is C12H15NOS. The maximum absolute atomic E-state index is 5.29. The Kier molecular flexibility index (Phi) is 3.59. The van der Waals surface area contributed by atoms with Gasteiger partial charge in [0, 0.05) is 10.9 Å². The monoisotopic (exact) mass is 221 g/mol. The summed E-state index contributed by atoms with van der Waals surface area (Å²) < 4.78 is 5.29. The van der Waals surface area contributed by atoms with Gasteiger partial charge in [-0.2, -0.15) is 0 Å². The van der Waals surface area contributed by atoms with Crippen molar-refractivity contribution in [3.05, 3.63) is 46.5 Å². The maximum Gasteiger partial charge on any atom is 0.117 e. The van der Waals surface area contributed by atoms with Gasteiger partial charge in [0.15, 0.2) is 0 Å². The highest BCUT2D eigenvalue weighted by Crippen LogP contribution is 2.21. The molecular weight excluding hydrogens is 206 g/mol. The van der Waals surface area contributed by atoms with Crippen LogP contribution in [0.25, 0.3) is 0 Å². The van der Waals surface area contributed by atoms with E-state index in [4.69, 9.17) is 4.42 Å². The van der Waals surface area contributed by atoms with Crippen LogP contribution in [-0.2, 0) is 6.54 Å². The highest BCUT2D eigenvalue weighted by atomic mass is 32.1. The van der Waals surface area contributed by atoms with Crippen LogP contribution in [0, 0.1) is 0 Å². The van der Waals surface area contributed by atoms with Gasteiger partial charge >= 0.3 is 0 Å². The van der Waals surface area contributed by atoms with Crippen LogP contribution < -0.4 is 5.32 Å². The van der Waals surface area contributed by atoms with Crippen molar-refractivity contribution in [1.82, 2.24) is 5.32 Å². The van der Waals surface area contributed by atoms with Crippen molar-refractivity contribution >= 4 is 11.3 Å². The second-order valence-corrected chi connectivity index (χ2v) is 4.42. The summed E-state index contributed by atoms with van der Waals surface area (Å²) in [4.78, 5) is 1.39. The first-order valence-electron chi connectivity index (χ1n) is 5.19. The fourth-order valence-electron chi connectivity index (χ4n) is 1.57. The number of rotatable bonds is 5. The minimum atomic E-state index is 0.440. The van der Waals surface area contributed by atoms with Crippen molar-refractivity contribution in [1.29, 1.82) is 0 Å². The lowest BCUT2D eigenvalue weighted by molar-refractivity contribution is 0.446. The van der Waals surface area contributed by atoms with Gasteiger partial charge < -0.3 is 9.73 Å². The molecule has 0 saturated carbocycles. The maximum atomic E-state index is 5.29. The average Bonchev–Trinajstić information content (AvgIpc) is 2.90. The van der Waals surface area contributed by atoms with E-state index in [1.807, 2.05) is 12.1 Å². The number of hydrogen-bond donors (Lipinski definition) is 1. The van der Waals surface area contributed by atoms with E-state index >= 15 is 0 Å². The predicted octanol–water partition coefficient (Wildman–Crippen LogP) is 3.58. The molecule has 0 bridgehead atoms. The standard InChI is InChI=1S/C12H15NOS/c1-2-11(12-6-4-8-15-12)13-9-10-5-3-7-14-10/h3-8,11,13H,2,9H2,1H3. The Morgan fingerprint density at radius 3 is 2.93 bits per heavy atom. The normalized spacial score (nSPS) is 12.9. The molecule has 0 fully saturated rings. The van der Waals surface area contributed by atoms with Crippen LogP contribution in [0.4, 0.5) is 0 Å². The van der Waals surface area contributed by atoms with Crippen molar-refractivity contribution in [3.8, 4) is 0 Å². The van der Waals surface area contributed by atoms with E-state index in [2.05, 4.69) is 29.8 Å². The molecule has 2 aromatic heterocycles. The van der Waals surface area contributed by atoms with Gasteiger partial charge in [0.05, 0.1) is 12.8 Å². The molecule has 1 N–H and O–H groups in total. The van der Waals surface area contributed by atoms with Crippen LogP contribution >= 0.6 is 11.3 Å². The zero-order chi connectivity index (χ0) is 10.5. The first-order valence-corrected chi connectivity index (χ1v) is 6.07. The smallest absolute Gasteiger partial charge is 0.117 e. The van der Waals surface area contributed by atoms with Gasteiger partial charge in [-0.1, -0.05) is 13.0 Å². The SMILES string of the molecule is CCC(NCc1ccco1)c1cccs1. The van der Waals surface area contributed by atoms with Crippen molar-refractivity contribution in [2.75, 3.05) is 0 Å². The number of nitrogens with one attached hydrogen (secondary N) is 1. The zero-order valence-electron chi connectivity index (χ0n) is 8.77. The van der Waals surface area contributed by atoms with E-state index in [-0.39, 0.29) is 0 Å². The van der Waals surface area contributed by atoms with Crippen molar-refractivity contribution in [2.24, 2.45) is 0 Å². The molecule has 2 rings (SSSR count). The van der Waals surface area contributed by atoms with E-state index in [1.54, 1.807) is 17.6 Å². The molecule has 15 heavy (non-hydrogen) atoms. The molecule has 0 aromatic carbocycles. The lowest BCUT2D eigenvalue weighted by atomic mass is 10.2. The Morgan fingerprint density at radius 1 is 1.40 bits per heavy atom. The summed E-state index contributed by atoms with van der Waals surface area (Å²) in [5, 5.41) is 5.61. The molecule has 1 unspecified atom stereocenters. The first-order chi connectivity index (χ1) is 7.40. The molecule has 0 aliphatic carbocycles. The molecule has 0 saturated heterocycles. The Bertz CT molecular complexity index is 366. The molecule has 2 nitrogen and oxygen atoms in total. The molecule has 2 heterocycles. The highest BCUT2D eigenvalue weighted by Gasteiger charge is 2.09. The van der Waals surface area contributed by atoms with Gasteiger partial charge in [0.2, 0.25) is 0 Å². The summed E-state index contributed by atoms with van der Waals surface area (Å²) in [5.74, 6) is 0.991. The van der Waals surface area contributed by atoms with Crippen LogP contribution in [0.3, 0.4) is 0 Å². The van der Waals surface area contributed by atoms with Crippen molar-refractivity contribution < 1.29 is 4.42 Å². The molecule has 2 aromatic rings. The van der Waals surface area contributed by atoms with E-state index in [1.165, 1.54) is 4.88 Å². The van der Waals surface area contributed by atoms with Gasteiger partial charge in [-0.3, -0.25) is 0 Å². The topological polar surface area (TPSA) is 25.2 Å². The van der Waals surface area contributed by atoms with E-state index in [9.17, 15) is 0 Å². The van der Waals surface area contributed by atoms with Gasteiger partial charge in [-0.05, 0) is 30.0 Å². The Balaban J connectivity index is 1.92. The number of thiophene rings is 1. The van der Waals surface area contributed by atoms with Gasteiger partial charge in [-0.15, -0.1) is 11.3 Å². The average molecular weight is 221 g/mol. The molecule has 0 amide bonds. The predicted molar refractivity (Wildman–Crippen MR) is 62.9 cm³/mol. The molecule has 80 valence electrons. The first kappa shape index (κ1) is 10.5. The van der Waals surface area contributed by atoms with Gasteiger partial charge in [0.25, 0.3) is 0 Å². The van der Waals surface area contributed by atoms with E-state index < -0.39 is 0 Å². The molecule has 0 aliphatic heterocycles. The van der Waals surface area contributed by atoms with Gasteiger partial charge in [-0.25, -0.2) is 0 Å². The summed E-state index contributed by atoms with van der Waals surface area (Å²) >= 11 is 1.80. The van der Waals surface area contributed by atoms with Crippen molar-refractivity contribution in [3.63, 3.8) is 0 Å². The minimum absolute atomic E-state index is 0.440. The highest BCUT2D eigenvalue weighted by molar-refractivity contribution is 7.10. The lowest BCUT2D eigenvalue weighted by Gasteiger charge is -2.14. The van der Waals surface area contributed by atoms with Gasteiger partial charge in [0.1, 0.15) is 5.76 Å². The van der Waals surface area contributed by atoms with Crippen LogP contribution in [-0.4, -0.2) is 0 Å². The Morgan fingerprint density at radius 2 is 2.33 bits per heavy atom. The molecule has 0 spiro atoms. The lowest BCUT2D eigenvalue weighted by Crippen LogP contribution is -2.18. The summed E-state index contributed by atoms with van der Waals surface area (Å²) in [7, 11) is 0. The Hall–Kier alpha value is -1.06. The summed E-state index contributed by atoms with van der Waals surface area (Å²) in [6, 6.07) is 8.62. The third-order valence-electron chi connectivity index (χ3n) is 2.40. The van der Waals surface area contributed by atoms with Crippen molar-refractivity contribution in [2.45, 2.75) is 25.9 Å². The van der Waals surface area contributed by atoms with Crippen LogP contribution in [0.2, 0.25) is 0 Å². The summed E-state index contributed by atoms with van der Waals surface area (Å²) in [6.07, 6.45) is 2.81. The molecule has 1 atom stereocenters. The van der Waals surface area contributed by atoms with Crippen LogP contribution in [0.5, 0.6) is 0 Å². The molecule has 3 heteroatoms. The molecule has 0 radical (unpaired) electrons. The third-order valence-corrected chi connectivity index (χ3v) is 3.38. The second kappa shape index (κ2) is 5.14. The van der Waals surface area contributed by atoms with E-state index in [0.717, 1.165) is 18.7 Å². The zero-order valence-corrected chi connectivity index (χ0v) is 9.59.